The van der Waals surface area contributed by atoms with Crippen LogP contribution in [0.15, 0.2) is 0 Å². The van der Waals surface area contributed by atoms with Crippen molar-refractivity contribution in [2.45, 2.75) is 38.1 Å². The van der Waals surface area contributed by atoms with E-state index >= 15 is 0 Å². The largest absolute Gasteiger partial charge is 0.300 e. The Balaban J connectivity index is 1.67. The molecular weight excluding hydrogens is 204 g/mol. The third-order valence-corrected chi connectivity index (χ3v) is 4.43. The molecule has 3 rings (SSSR count). The monoisotopic (exact) mass is 222 g/mol. The average molecular weight is 222 g/mol. The molecule has 0 saturated carbocycles. The van der Waals surface area contributed by atoms with E-state index in [1.165, 1.54) is 19.4 Å². The molecule has 0 bridgehead atoms. The molecule has 3 heterocycles. The molecule has 0 aromatic rings. The van der Waals surface area contributed by atoms with E-state index in [0.717, 1.165) is 19.4 Å². The lowest BCUT2D eigenvalue weighted by atomic mass is 9.80. The van der Waals surface area contributed by atoms with Crippen molar-refractivity contribution < 1.29 is 9.59 Å². The van der Waals surface area contributed by atoms with Gasteiger partial charge in [0.15, 0.2) is 0 Å². The molecule has 3 atom stereocenters. The van der Waals surface area contributed by atoms with Crippen LogP contribution in [0.4, 0.5) is 0 Å². The fraction of sp³-hybridized carbons (Fsp3) is 0.833. The van der Waals surface area contributed by atoms with Crippen LogP contribution in [-0.4, -0.2) is 35.8 Å². The van der Waals surface area contributed by atoms with Crippen LogP contribution in [0.25, 0.3) is 0 Å². The summed E-state index contributed by atoms with van der Waals surface area (Å²) in [6, 6.07) is 0.683. The van der Waals surface area contributed by atoms with Crippen molar-refractivity contribution in [1.29, 1.82) is 0 Å². The third kappa shape index (κ3) is 1.65. The Labute approximate surface area is 95.4 Å². The number of carbonyl (C=O) groups excluding carboxylic acids is 2. The Bertz CT molecular complexity index is 329. The molecule has 4 nitrogen and oxygen atoms in total. The number of carbonyl (C=O) groups is 2. The predicted molar refractivity (Wildman–Crippen MR) is 58.6 cm³/mol. The van der Waals surface area contributed by atoms with Crippen molar-refractivity contribution in [1.82, 2.24) is 10.2 Å². The molecule has 0 aromatic heterocycles. The second kappa shape index (κ2) is 3.84. The Morgan fingerprint density at radius 1 is 1.19 bits per heavy atom. The number of nitrogens with zero attached hydrogens (tertiary/aromatic N) is 1. The molecule has 0 aromatic carbocycles. The van der Waals surface area contributed by atoms with Gasteiger partial charge in [-0.15, -0.1) is 0 Å². The number of imide groups is 1. The van der Waals surface area contributed by atoms with Crippen LogP contribution in [0.5, 0.6) is 0 Å². The maximum Gasteiger partial charge on any atom is 0.230 e. The zero-order valence-corrected chi connectivity index (χ0v) is 9.45. The Kier molecular flexibility index (Phi) is 2.46. The minimum Gasteiger partial charge on any atom is -0.300 e. The SMILES string of the molecule is O=C1CC(C2CCN3CCCC3C2)C(=O)N1. The van der Waals surface area contributed by atoms with Gasteiger partial charge in [-0.3, -0.25) is 14.9 Å². The zero-order valence-electron chi connectivity index (χ0n) is 9.45. The highest BCUT2D eigenvalue weighted by Crippen LogP contribution is 2.36. The number of hydrogen-bond donors (Lipinski definition) is 1. The molecule has 0 aliphatic carbocycles. The lowest BCUT2D eigenvalue weighted by molar-refractivity contribution is -0.126. The highest BCUT2D eigenvalue weighted by molar-refractivity contribution is 6.03. The molecule has 3 saturated heterocycles. The molecule has 3 aliphatic heterocycles. The maximum atomic E-state index is 11.6. The van der Waals surface area contributed by atoms with Gasteiger partial charge in [-0.2, -0.15) is 0 Å². The average Bonchev–Trinajstić information content (AvgIpc) is 2.83. The van der Waals surface area contributed by atoms with Crippen LogP contribution in [0.3, 0.4) is 0 Å². The number of rotatable bonds is 1. The van der Waals surface area contributed by atoms with Gasteiger partial charge < -0.3 is 4.90 Å². The molecule has 2 amide bonds. The minimum atomic E-state index is -0.0798. The van der Waals surface area contributed by atoms with E-state index in [-0.39, 0.29) is 17.7 Å². The van der Waals surface area contributed by atoms with Gasteiger partial charge in [-0.05, 0) is 44.7 Å². The number of fused-ring (bicyclic) bond motifs is 1. The molecule has 4 heteroatoms. The number of hydrogen-bond acceptors (Lipinski definition) is 3. The van der Waals surface area contributed by atoms with Crippen LogP contribution < -0.4 is 5.32 Å². The number of amides is 2. The summed E-state index contributed by atoms with van der Waals surface area (Å²) in [5.74, 6) is 0.298. The van der Waals surface area contributed by atoms with E-state index in [1.807, 2.05) is 0 Å². The summed E-state index contributed by atoms with van der Waals surface area (Å²) in [4.78, 5) is 25.4. The van der Waals surface area contributed by atoms with Crippen molar-refractivity contribution in [2.24, 2.45) is 11.8 Å². The predicted octanol–water partition coefficient (Wildman–Crippen LogP) is 0.524. The van der Waals surface area contributed by atoms with Gasteiger partial charge in [0.1, 0.15) is 0 Å². The van der Waals surface area contributed by atoms with Crippen LogP contribution in [0.2, 0.25) is 0 Å². The summed E-state index contributed by atoms with van der Waals surface area (Å²) < 4.78 is 0. The molecule has 3 fully saturated rings. The fourth-order valence-electron chi connectivity index (χ4n) is 3.58. The topological polar surface area (TPSA) is 49.4 Å². The molecule has 1 N–H and O–H groups in total. The second-order valence-corrected chi connectivity index (χ2v) is 5.34. The first-order valence-electron chi connectivity index (χ1n) is 6.32. The highest BCUT2D eigenvalue weighted by Gasteiger charge is 2.41. The van der Waals surface area contributed by atoms with Gasteiger partial charge in [-0.1, -0.05) is 0 Å². The Morgan fingerprint density at radius 3 is 2.81 bits per heavy atom. The van der Waals surface area contributed by atoms with E-state index in [9.17, 15) is 9.59 Å². The van der Waals surface area contributed by atoms with E-state index in [2.05, 4.69) is 10.2 Å². The van der Waals surface area contributed by atoms with Gasteiger partial charge in [0, 0.05) is 12.5 Å². The molecular formula is C12H18N2O2. The standard InChI is InChI=1S/C12H18N2O2/c15-11-7-10(12(16)13-11)8-3-5-14-4-1-2-9(14)6-8/h8-10H,1-7H2,(H,13,15,16). The van der Waals surface area contributed by atoms with E-state index in [0.29, 0.717) is 18.4 Å². The minimum absolute atomic E-state index is 0.0264. The van der Waals surface area contributed by atoms with E-state index in [1.54, 1.807) is 0 Å². The van der Waals surface area contributed by atoms with Crippen molar-refractivity contribution in [3.05, 3.63) is 0 Å². The first-order valence-corrected chi connectivity index (χ1v) is 6.32. The first-order chi connectivity index (χ1) is 7.74. The van der Waals surface area contributed by atoms with Gasteiger partial charge >= 0.3 is 0 Å². The van der Waals surface area contributed by atoms with Crippen molar-refractivity contribution in [3.8, 4) is 0 Å². The summed E-state index contributed by atoms with van der Waals surface area (Å²) in [5, 5.41) is 2.43. The zero-order chi connectivity index (χ0) is 11.1. The maximum absolute atomic E-state index is 11.6. The summed E-state index contributed by atoms with van der Waals surface area (Å²) in [7, 11) is 0. The lowest BCUT2D eigenvalue weighted by Crippen LogP contribution is -2.41. The molecule has 88 valence electrons. The van der Waals surface area contributed by atoms with E-state index < -0.39 is 0 Å². The van der Waals surface area contributed by atoms with Crippen molar-refractivity contribution in [3.63, 3.8) is 0 Å². The lowest BCUT2D eigenvalue weighted by Gasteiger charge is -2.36. The van der Waals surface area contributed by atoms with Crippen molar-refractivity contribution in [2.75, 3.05) is 13.1 Å². The molecule has 3 unspecified atom stereocenters. The van der Waals surface area contributed by atoms with Gasteiger partial charge in [0.2, 0.25) is 11.8 Å². The molecule has 16 heavy (non-hydrogen) atoms. The van der Waals surface area contributed by atoms with Crippen LogP contribution in [0.1, 0.15) is 32.1 Å². The van der Waals surface area contributed by atoms with Gasteiger partial charge in [0.25, 0.3) is 0 Å². The van der Waals surface area contributed by atoms with Crippen LogP contribution in [-0.2, 0) is 9.59 Å². The van der Waals surface area contributed by atoms with Gasteiger partial charge in [0.05, 0.1) is 5.92 Å². The molecule has 0 radical (unpaired) electrons. The summed E-state index contributed by atoms with van der Waals surface area (Å²) >= 11 is 0. The molecule has 0 spiro atoms. The summed E-state index contributed by atoms with van der Waals surface area (Å²) in [6.45, 7) is 2.35. The van der Waals surface area contributed by atoms with Crippen molar-refractivity contribution >= 4 is 11.8 Å². The smallest absolute Gasteiger partial charge is 0.230 e. The number of piperidine rings is 1. The quantitative estimate of drug-likeness (QED) is 0.658. The summed E-state index contributed by atoms with van der Waals surface area (Å²) in [5.41, 5.74) is 0. The van der Waals surface area contributed by atoms with E-state index in [4.69, 9.17) is 0 Å². The third-order valence-electron chi connectivity index (χ3n) is 4.43. The fourth-order valence-corrected chi connectivity index (χ4v) is 3.58. The molecule has 3 aliphatic rings. The summed E-state index contributed by atoms with van der Waals surface area (Å²) in [6.07, 6.45) is 5.20. The van der Waals surface area contributed by atoms with Crippen LogP contribution >= 0.6 is 0 Å². The van der Waals surface area contributed by atoms with Gasteiger partial charge in [-0.25, -0.2) is 0 Å². The Hall–Kier alpha value is -0.900. The Morgan fingerprint density at radius 2 is 2.06 bits per heavy atom. The second-order valence-electron chi connectivity index (χ2n) is 5.34. The van der Waals surface area contributed by atoms with Crippen LogP contribution in [0, 0.1) is 11.8 Å². The normalized spacial score (nSPS) is 39.9. The highest BCUT2D eigenvalue weighted by atomic mass is 16.2. The first kappa shape index (κ1) is 10.3. The number of nitrogens with one attached hydrogen (secondary N) is 1.